The van der Waals surface area contributed by atoms with Crippen molar-refractivity contribution in [2.75, 3.05) is 19.7 Å². The third kappa shape index (κ3) is 3.60. The first kappa shape index (κ1) is 17.3. The van der Waals surface area contributed by atoms with Gasteiger partial charge in [-0.3, -0.25) is 9.36 Å². The summed E-state index contributed by atoms with van der Waals surface area (Å²) in [6, 6.07) is 5.43. The molecule has 0 aliphatic carbocycles. The van der Waals surface area contributed by atoms with Crippen molar-refractivity contribution >= 4 is 17.0 Å². The number of aryl methyl sites for hydroxylation is 1. The van der Waals surface area contributed by atoms with Gasteiger partial charge in [-0.15, -0.1) is 0 Å². The lowest BCUT2D eigenvalue weighted by atomic mass is 9.97. The zero-order valence-electron chi connectivity index (χ0n) is 14.6. The van der Waals surface area contributed by atoms with Crippen molar-refractivity contribution in [3.63, 3.8) is 0 Å². The van der Waals surface area contributed by atoms with Crippen LogP contribution in [-0.2, 0) is 11.3 Å². The number of nitrogens with one attached hydrogen (secondary N) is 1. The average molecular weight is 345 g/mol. The highest BCUT2D eigenvalue weighted by molar-refractivity contribution is 5.77. The maximum absolute atomic E-state index is 12.7. The fourth-order valence-corrected chi connectivity index (χ4v) is 3.30. The van der Waals surface area contributed by atoms with Gasteiger partial charge in [-0.05, 0) is 44.7 Å². The van der Waals surface area contributed by atoms with Gasteiger partial charge in [0.2, 0.25) is 0 Å². The van der Waals surface area contributed by atoms with Gasteiger partial charge in [0.25, 0.3) is 5.56 Å². The van der Waals surface area contributed by atoms with Crippen LogP contribution in [0.15, 0.2) is 27.8 Å². The molecule has 0 spiro atoms. The van der Waals surface area contributed by atoms with Crippen LogP contribution in [0.2, 0.25) is 0 Å². The van der Waals surface area contributed by atoms with Gasteiger partial charge in [-0.25, -0.2) is 9.59 Å². The molecule has 1 aromatic heterocycles. The van der Waals surface area contributed by atoms with Gasteiger partial charge in [0.05, 0.1) is 17.5 Å². The number of rotatable bonds is 3. The largest absolute Gasteiger partial charge is 0.450 e. The van der Waals surface area contributed by atoms with Gasteiger partial charge in [-0.2, -0.15) is 0 Å². The highest BCUT2D eigenvalue weighted by Crippen LogP contribution is 2.19. The Labute approximate surface area is 145 Å². The summed E-state index contributed by atoms with van der Waals surface area (Å²) in [5.74, 6) is 0.187. The second-order valence-corrected chi connectivity index (χ2v) is 6.52. The van der Waals surface area contributed by atoms with E-state index in [-0.39, 0.29) is 23.3 Å². The molecule has 1 aliphatic heterocycles. The summed E-state index contributed by atoms with van der Waals surface area (Å²) in [4.78, 5) is 41.2. The zero-order valence-corrected chi connectivity index (χ0v) is 14.6. The molecule has 1 aliphatic rings. The maximum Gasteiger partial charge on any atom is 0.409 e. The summed E-state index contributed by atoms with van der Waals surface area (Å²) >= 11 is 0. The number of aromatic amines is 1. The molecule has 7 nitrogen and oxygen atoms in total. The lowest BCUT2D eigenvalue weighted by molar-refractivity contribution is 0.0897. The number of amides is 1. The summed E-state index contributed by atoms with van der Waals surface area (Å²) in [5, 5.41) is 0.531. The molecule has 0 atom stereocenters. The van der Waals surface area contributed by atoms with Gasteiger partial charge in [-0.1, -0.05) is 11.6 Å². The Hall–Kier alpha value is -2.57. The minimum Gasteiger partial charge on any atom is -0.450 e. The summed E-state index contributed by atoms with van der Waals surface area (Å²) in [7, 11) is 0. The van der Waals surface area contributed by atoms with E-state index in [1.807, 2.05) is 13.0 Å². The Morgan fingerprint density at radius 3 is 2.68 bits per heavy atom. The Kier molecular flexibility index (Phi) is 4.92. The van der Waals surface area contributed by atoms with E-state index in [0.717, 1.165) is 18.4 Å². The molecular weight excluding hydrogens is 322 g/mol. The second kappa shape index (κ2) is 7.13. The van der Waals surface area contributed by atoms with E-state index in [1.165, 1.54) is 4.57 Å². The van der Waals surface area contributed by atoms with Gasteiger partial charge >= 0.3 is 11.8 Å². The number of aromatic nitrogens is 2. The van der Waals surface area contributed by atoms with E-state index in [9.17, 15) is 14.4 Å². The fraction of sp³-hybridized carbons (Fsp3) is 0.500. The summed E-state index contributed by atoms with van der Waals surface area (Å²) in [6.45, 7) is 5.60. The van der Waals surface area contributed by atoms with Crippen LogP contribution < -0.4 is 11.2 Å². The van der Waals surface area contributed by atoms with Crippen LogP contribution in [0.4, 0.5) is 4.79 Å². The number of hydrogen-bond donors (Lipinski definition) is 1. The molecule has 1 aromatic carbocycles. The Morgan fingerprint density at radius 1 is 1.28 bits per heavy atom. The van der Waals surface area contributed by atoms with Gasteiger partial charge in [0.15, 0.2) is 0 Å². The standard InChI is InChI=1S/C18H23N3O4/c1-3-25-18(24)20-8-6-13(7-9-20)11-21-16(22)14-10-12(2)4-5-15(14)19-17(21)23/h4-5,10,13H,3,6-9,11H2,1-2H3,(H,19,23). The molecular formula is C18H23N3O4. The number of carbonyl (C=O) groups excluding carboxylic acids is 1. The molecule has 7 heteroatoms. The third-order valence-electron chi connectivity index (χ3n) is 4.72. The molecule has 134 valence electrons. The Morgan fingerprint density at radius 2 is 2.00 bits per heavy atom. The van der Waals surface area contributed by atoms with Crippen molar-refractivity contribution in [2.24, 2.45) is 5.92 Å². The predicted molar refractivity (Wildman–Crippen MR) is 94.9 cm³/mol. The summed E-state index contributed by atoms with van der Waals surface area (Å²) in [6.07, 6.45) is 1.20. The number of hydrogen-bond acceptors (Lipinski definition) is 4. The number of nitrogens with zero attached hydrogens (tertiary/aromatic N) is 2. The molecule has 1 N–H and O–H groups in total. The van der Waals surface area contributed by atoms with Crippen LogP contribution in [0.1, 0.15) is 25.3 Å². The number of carbonyl (C=O) groups is 1. The molecule has 0 bridgehead atoms. The van der Waals surface area contributed by atoms with Crippen molar-refractivity contribution in [1.29, 1.82) is 0 Å². The van der Waals surface area contributed by atoms with E-state index < -0.39 is 0 Å². The Bertz CT molecular complexity index is 891. The first-order valence-electron chi connectivity index (χ1n) is 8.64. The van der Waals surface area contributed by atoms with E-state index in [1.54, 1.807) is 24.0 Å². The van der Waals surface area contributed by atoms with Crippen molar-refractivity contribution in [3.8, 4) is 0 Å². The van der Waals surface area contributed by atoms with Gasteiger partial charge < -0.3 is 14.6 Å². The molecule has 25 heavy (non-hydrogen) atoms. The normalized spacial score (nSPS) is 15.5. The Balaban J connectivity index is 1.77. The molecule has 1 amide bonds. The number of likely N-dealkylation sites (tertiary alicyclic amines) is 1. The minimum absolute atomic E-state index is 0.187. The van der Waals surface area contributed by atoms with Crippen LogP contribution >= 0.6 is 0 Å². The molecule has 0 unspecified atom stereocenters. The summed E-state index contributed by atoms with van der Waals surface area (Å²) < 4.78 is 6.29. The first-order chi connectivity index (χ1) is 12.0. The van der Waals surface area contributed by atoms with Crippen molar-refractivity contribution in [1.82, 2.24) is 14.5 Å². The quantitative estimate of drug-likeness (QED) is 0.920. The monoisotopic (exact) mass is 345 g/mol. The molecule has 1 fully saturated rings. The average Bonchev–Trinajstić information content (AvgIpc) is 2.60. The van der Waals surface area contributed by atoms with Crippen molar-refractivity contribution < 1.29 is 9.53 Å². The molecule has 3 rings (SSSR count). The molecule has 0 saturated carbocycles. The van der Waals surface area contributed by atoms with E-state index in [2.05, 4.69) is 4.98 Å². The predicted octanol–water partition coefficient (Wildman–Crippen LogP) is 1.87. The summed E-state index contributed by atoms with van der Waals surface area (Å²) in [5.41, 5.74) is 0.907. The third-order valence-corrected chi connectivity index (χ3v) is 4.72. The van der Waals surface area contributed by atoms with Crippen LogP contribution in [0, 0.1) is 12.8 Å². The van der Waals surface area contributed by atoms with Crippen LogP contribution in [0.5, 0.6) is 0 Å². The minimum atomic E-state index is -0.380. The number of benzene rings is 1. The maximum atomic E-state index is 12.7. The van der Waals surface area contributed by atoms with E-state index in [4.69, 9.17) is 4.74 Å². The van der Waals surface area contributed by atoms with Crippen LogP contribution in [-0.4, -0.2) is 40.2 Å². The highest BCUT2D eigenvalue weighted by atomic mass is 16.6. The number of fused-ring (bicyclic) bond motifs is 1. The van der Waals surface area contributed by atoms with Gasteiger partial charge in [0.1, 0.15) is 0 Å². The molecule has 2 aromatic rings. The number of piperidine rings is 1. The topological polar surface area (TPSA) is 84.4 Å². The van der Waals surface area contributed by atoms with Crippen LogP contribution in [0.3, 0.4) is 0 Å². The fourth-order valence-electron chi connectivity index (χ4n) is 3.30. The lowest BCUT2D eigenvalue weighted by Gasteiger charge is -2.31. The van der Waals surface area contributed by atoms with Crippen LogP contribution in [0.25, 0.3) is 10.9 Å². The number of H-pyrrole nitrogens is 1. The second-order valence-electron chi connectivity index (χ2n) is 6.52. The smallest absolute Gasteiger partial charge is 0.409 e. The van der Waals surface area contributed by atoms with Crippen molar-refractivity contribution in [3.05, 3.63) is 44.6 Å². The highest BCUT2D eigenvalue weighted by Gasteiger charge is 2.24. The first-order valence-corrected chi connectivity index (χ1v) is 8.64. The van der Waals surface area contributed by atoms with E-state index in [0.29, 0.717) is 37.1 Å². The van der Waals surface area contributed by atoms with E-state index >= 15 is 0 Å². The lowest BCUT2D eigenvalue weighted by Crippen LogP contribution is -2.42. The van der Waals surface area contributed by atoms with Gasteiger partial charge in [0, 0.05) is 19.6 Å². The molecule has 0 radical (unpaired) electrons. The SMILES string of the molecule is CCOC(=O)N1CCC(Cn2c(=O)[nH]c3ccc(C)cc3c2=O)CC1. The van der Waals surface area contributed by atoms with Crippen molar-refractivity contribution in [2.45, 2.75) is 33.2 Å². The zero-order chi connectivity index (χ0) is 18.0. The molecule has 2 heterocycles. The number of ether oxygens (including phenoxy) is 1. The molecule has 1 saturated heterocycles.